The number of para-hydroxylation sites is 1. The molecular weight excluding hydrogens is 320 g/mol. The number of aliphatic hydroxyl groups is 1. The van der Waals surface area contributed by atoms with Crippen molar-refractivity contribution in [1.82, 2.24) is 9.55 Å². The van der Waals surface area contributed by atoms with E-state index in [2.05, 4.69) is 16.6 Å². The van der Waals surface area contributed by atoms with Crippen molar-refractivity contribution in [2.75, 3.05) is 6.61 Å². The molecule has 0 aliphatic heterocycles. The van der Waals surface area contributed by atoms with Crippen LogP contribution in [0.1, 0.15) is 16.1 Å². The summed E-state index contributed by atoms with van der Waals surface area (Å²) >= 11 is 0. The zero-order valence-electron chi connectivity index (χ0n) is 13.3. The van der Waals surface area contributed by atoms with Gasteiger partial charge in [0.2, 0.25) is 5.78 Å². The summed E-state index contributed by atoms with van der Waals surface area (Å²) in [4.78, 5) is 18.6. The SMILES string of the molecule is C[s+]1ccc2c(C(=O)c3ccc4ccccc4n3)cn(CCO)c21. The number of aryl methyl sites for hydroxylation is 1. The zero-order chi connectivity index (χ0) is 16.7. The van der Waals surface area contributed by atoms with Gasteiger partial charge in [-0.25, -0.2) is 4.98 Å². The van der Waals surface area contributed by atoms with Crippen LogP contribution < -0.4 is 0 Å². The van der Waals surface area contributed by atoms with Gasteiger partial charge in [-0.2, -0.15) is 0 Å². The molecule has 5 heteroatoms. The Morgan fingerprint density at radius 3 is 2.88 bits per heavy atom. The van der Waals surface area contributed by atoms with E-state index in [4.69, 9.17) is 0 Å². The summed E-state index contributed by atoms with van der Waals surface area (Å²) in [7, 11) is -0.0365. The van der Waals surface area contributed by atoms with Crippen LogP contribution in [0.3, 0.4) is 0 Å². The van der Waals surface area contributed by atoms with E-state index >= 15 is 0 Å². The largest absolute Gasteiger partial charge is 0.395 e. The third-order valence-electron chi connectivity index (χ3n) is 4.23. The van der Waals surface area contributed by atoms with Crippen LogP contribution in [0.5, 0.6) is 0 Å². The number of aromatic nitrogens is 2. The Bertz CT molecular complexity index is 1060. The van der Waals surface area contributed by atoms with Crippen molar-refractivity contribution in [2.45, 2.75) is 6.54 Å². The number of hydrogen-bond acceptors (Lipinski definition) is 3. The first-order valence-electron chi connectivity index (χ1n) is 7.76. The second-order valence-corrected chi connectivity index (χ2v) is 7.53. The van der Waals surface area contributed by atoms with Gasteiger partial charge in [-0.3, -0.25) is 4.79 Å². The van der Waals surface area contributed by atoms with Crippen molar-refractivity contribution in [2.24, 2.45) is 6.26 Å². The average Bonchev–Trinajstić information content (AvgIpc) is 3.16. The van der Waals surface area contributed by atoms with Gasteiger partial charge in [0.15, 0.2) is 0 Å². The third-order valence-corrected chi connectivity index (χ3v) is 5.84. The number of pyridine rings is 1. The van der Waals surface area contributed by atoms with E-state index in [0.29, 0.717) is 17.8 Å². The van der Waals surface area contributed by atoms with Gasteiger partial charge in [0.25, 0.3) is 4.83 Å². The summed E-state index contributed by atoms with van der Waals surface area (Å²) in [6.45, 7) is 0.556. The topological polar surface area (TPSA) is 55.1 Å². The van der Waals surface area contributed by atoms with E-state index in [-0.39, 0.29) is 22.9 Å². The van der Waals surface area contributed by atoms with E-state index < -0.39 is 0 Å². The fraction of sp³-hybridized carbons (Fsp3) is 0.158. The fourth-order valence-corrected chi connectivity index (χ4v) is 4.60. The highest BCUT2D eigenvalue weighted by atomic mass is 32.2. The molecule has 0 aliphatic carbocycles. The summed E-state index contributed by atoms with van der Waals surface area (Å²) in [6, 6.07) is 13.5. The summed E-state index contributed by atoms with van der Waals surface area (Å²) in [5, 5.41) is 13.4. The molecule has 3 heterocycles. The van der Waals surface area contributed by atoms with Crippen LogP contribution in [0, 0.1) is 0 Å². The van der Waals surface area contributed by atoms with Crippen molar-refractivity contribution in [3.63, 3.8) is 0 Å². The van der Waals surface area contributed by atoms with Crippen molar-refractivity contribution in [1.29, 1.82) is 0 Å². The lowest BCUT2D eigenvalue weighted by Gasteiger charge is -2.01. The number of thiophene rings is 1. The van der Waals surface area contributed by atoms with Crippen LogP contribution in [0.2, 0.25) is 0 Å². The predicted molar refractivity (Wildman–Crippen MR) is 97.7 cm³/mol. The lowest BCUT2D eigenvalue weighted by Crippen LogP contribution is -2.04. The van der Waals surface area contributed by atoms with Crippen LogP contribution in [-0.4, -0.2) is 27.0 Å². The van der Waals surface area contributed by atoms with Crippen LogP contribution in [-0.2, 0) is 12.8 Å². The average molecular weight is 337 g/mol. The molecule has 1 aromatic carbocycles. The molecule has 0 bridgehead atoms. The first-order chi connectivity index (χ1) is 11.7. The maximum absolute atomic E-state index is 13.0. The zero-order valence-corrected chi connectivity index (χ0v) is 14.1. The Morgan fingerprint density at radius 2 is 2.04 bits per heavy atom. The second-order valence-electron chi connectivity index (χ2n) is 5.76. The third kappa shape index (κ3) is 2.33. The monoisotopic (exact) mass is 337 g/mol. The predicted octanol–water partition coefficient (Wildman–Crippen LogP) is 3.70. The Labute approximate surface area is 142 Å². The minimum absolute atomic E-state index is 0.0365. The maximum atomic E-state index is 13.0. The van der Waals surface area contributed by atoms with E-state index in [1.54, 1.807) is 6.07 Å². The minimum Gasteiger partial charge on any atom is -0.395 e. The van der Waals surface area contributed by atoms with E-state index in [0.717, 1.165) is 21.1 Å². The van der Waals surface area contributed by atoms with Gasteiger partial charge in [-0.15, -0.1) is 0 Å². The molecule has 1 atom stereocenters. The van der Waals surface area contributed by atoms with Crippen molar-refractivity contribution in [3.8, 4) is 0 Å². The maximum Gasteiger partial charge on any atom is 0.254 e. The molecule has 0 spiro atoms. The molecule has 120 valence electrons. The molecule has 24 heavy (non-hydrogen) atoms. The van der Waals surface area contributed by atoms with E-state index in [1.807, 2.05) is 47.2 Å². The number of ketones is 1. The van der Waals surface area contributed by atoms with Gasteiger partial charge >= 0.3 is 0 Å². The summed E-state index contributed by atoms with van der Waals surface area (Å²) < 4.78 is 1.99. The number of fused-ring (bicyclic) bond motifs is 2. The normalized spacial score (nSPS) is 12.2. The number of carbonyl (C=O) groups excluding carboxylic acids is 1. The Balaban J connectivity index is 1.85. The Kier molecular flexibility index (Phi) is 3.67. The van der Waals surface area contributed by atoms with Gasteiger partial charge in [0.1, 0.15) is 17.3 Å². The van der Waals surface area contributed by atoms with Gasteiger partial charge in [-0.1, -0.05) is 24.3 Å². The molecule has 1 N–H and O–H groups in total. The number of carbonyl (C=O) groups is 1. The summed E-state index contributed by atoms with van der Waals surface area (Å²) in [5.74, 6) is -0.0720. The Morgan fingerprint density at radius 1 is 1.21 bits per heavy atom. The minimum atomic E-state index is -0.0720. The fourth-order valence-electron chi connectivity index (χ4n) is 3.09. The molecule has 4 aromatic rings. The van der Waals surface area contributed by atoms with Crippen molar-refractivity contribution < 1.29 is 9.90 Å². The molecule has 4 nitrogen and oxygen atoms in total. The number of rotatable bonds is 4. The highest BCUT2D eigenvalue weighted by molar-refractivity contribution is 7.34. The molecule has 0 saturated carbocycles. The number of benzene rings is 1. The molecule has 3 aromatic heterocycles. The van der Waals surface area contributed by atoms with Crippen LogP contribution >= 0.6 is 10.5 Å². The van der Waals surface area contributed by atoms with Gasteiger partial charge in [0, 0.05) is 17.6 Å². The molecule has 0 fully saturated rings. The van der Waals surface area contributed by atoms with Crippen LogP contribution in [0.4, 0.5) is 0 Å². The van der Waals surface area contributed by atoms with Crippen LogP contribution in [0.15, 0.2) is 54.0 Å². The molecule has 4 rings (SSSR count). The highest BCUT2D eigenvalue weighted by Gasteiger charge is 2.24. The molecule has 0 amide bonds. The first kappa shape index (κ1) is 15.1. The van der Waals surface area contributed by atoms with Crippen molar-refractivity contribution in [3.05, 3.63) is 65.3 Å². The van der Waals surface area contributed by atoms with Crippen molar-refractivity contribution >= 4 is 37.4 Å². The molecular formula is C19H17N2O2S+. The molecule has 0 radical (unpaired) electrons. The van der Waals surface area contributed by atoms with Crippen LogP contribution in [0.25, 0.3) is 21.1 Å². The second kappa shape index (κ2) is 5.85. The van der Waals surface area contributed by atoms with Gasteiger partial charge in [0.05, 0.1) is 29.6 Å². The number of nitrogens with zero attached hydrogens (tertiary/aromatic N) is 2. The number of hydrogen-bond donors (Lipinski definition) is 1. The molecule has 1 unspecified atom stereocenters. The first-order valence-corrected chi connectivity index (χ1v) is 9.46. The number of aliphatic hydroxyl groups excluding tert-OH is 1. The Hall–Kier alpha value is -2.50. The highest BCUT2D eigenvalue weighted by Crippen LogP contribution is 2.34. The molecule has 0 aliphatic rings. The smallest absolute Gasteiger partial charge is 0.254 e. The standard InChI is InChI=1S/C19H17N2O2S/c1-24-11-8-14-15(12-21(9-10-22)19(14)24)18(23)17-7-6-13-4-2-3-5-16(13)20-17/h2-8,11-12,22H,9-10H2,1H3/q+1. The summed E-state index contributed by atoms with van der Waals surface area (Å²) in [5.41, 5.74) is 1.93. The quantitative estimate of drug-likeness (QED) is 0.456. The lowest BCUT2D eigenvalue weighted by molar-refractivity contribution is 0.103. The molecule has 0 saturated heterocycles. The van der Waals surface area contributed by atoms with Gasteiger partial charge < -0.3 is 9.67 Å². The van der Waals surface area contributed by atoms with E-state index in [1.165, 1.54) is 0 Å². The van der Waals surface area contributed by atoms with Gasteiger partial charge in [-0.05, 0) is 22.6 Å². The lowest BCUT2D eigenvalue weighted by atomic mass is 10.1. The summed E-state index contributed by atoms with van der Waals surface area (Å²) in [6.07, 6.45) is 3.98. The van der Waals surface area contributed by atoms with E-state index in [9.17, 15) is 9.90 Å².